The van der Waals surface area contributed by atoms with Gasteiger partial charge in [-0.1, -0.05) is 0 Å². The first-order valence-electron chi connectivity index (χ1n) is 6.86. The molecule has 0 amide bonds. The largest absolute Gasteiger partial charge is 0.493 e. The van der Waals surface area contributed by atoms with Crippen LogP contribution in [0.3, 0.4) is 0 Å². The molecule has 22 heavy (non-hydrogen) atoms. The number of ether oxygens (including phenoxy) is 1. The Hall–Kier alpha value is -2.24. The highest BCUT2D eigenvalue weighted by Gasteiger charge is 2.32. The lowest BCUT2D eigenvalue weighted by Gasteiger charge is -2.12. The van der Waals surface area contributed by atoms with E-state index in [2.05, 4.69) is 0 Å². The third-order valence-electron chi connectivity index (χ3n) is 3.44. The molecule has 6 heteroatoms. The first-order chi connectivity index (χ1) is 10.5. The summed E-state index contributed by atoms with van der Waals surface area (Å²) in [6.45, 7) is 0.415. The van der Waals surface area contributed by atoms with E-state index >= 15 is 0 Å². The third-order valence-corrected chi connectivity index (χ3v) is 3.44. The average Bonchev–Trinajstić information content (AvgIpc) is 3.19. The van der Waals surface area contributed by atoms with E-state index < -0.39 is 11.7 Å². The number of alkyl halides is 3. The van der Waals surface area contributed by atoms with E-state index in [0.29, 0.717) is 18.8 Å². The van der Waals surface area contributed by atoms with Crippen LogP contribution in [0.4, 0.5) is 13.2 Å². The van der Waals surface area contributed by atoms with Gasteiger partial charge in [0, 0.05) is 5.56 Å². The van der Waals surface area contributed by atoms with Gasteiger partial charge < -0.3 is 9.15 Å². The van der Waals surface area contributed by atoms with Gasteiger partial charge in [0.1, 0.15) is 11.5 Å². The van der Waals surface area contributed by atoms with Crippen LogP contribution in [0, 0.1) is 5.92 Å². The summed E-state index contributed by atoms with van der Waals surface area (Å²) in [5.74, 6) is 0.849. The predicted molar refractivity (Wildman–Crippen MR) is 72.8 cm³/mol. The number of aldehydes is 1. The van der Waals surface area contributed by atoms with Crippen LogP contribution < -0.4 is 4.74 Å². The lowest BCUT2D eigenvalue weighted by Crippen LogP contribution is -2.07. The Morgan fingerprint density at radius 1 is 1.23 bits per heavy atom. The Kier molecular flexibility index (Phi) is 3.68. The zero-order valence-electron chi connectivity index (χ0n) is 11.5. The van der Waals surface area contributed by atoms with Crippen LogP contribution in [0.1, 0.15) is 29.0 Å². The molecule has 3 rings (SSSR count). The molecule has 0 N–H and O–H groups in total. The zero-order valence-corrected chi connectivity index (χ0v) is 11.5. The van der Waals surface area contributed by atoms with Crippen molar-refractivity contribution in [2.75, 3.05) is 6.61 Å². The van der Waals surface area contributed by atoms with Crippen molar-refractivity contribution in [3.63, 3.8) is 0 Å². The highest BCUT2D eigenvalue weighted by Crippen LogP contribution is 2.37. The number of hydrogen-bond donors (Lipinski definition) is 0. The standard InChI is InChI=1S/C16H13F3O3/c17-16(18,19)12-5-11(15-4-3-13(8-20)22-15)6-14(7-12)21-9-10-1-2-10/h3-8,10H,1-2,9H2. The average molecular weight is 310 g/mol. The summed E-state index contributed by atoms with van der Waals surface area (Å²) in [6.07, 6.45) is -1.88. The number of carbonyl (C=O) groups excluding carboxylic acids is 1. The maximum Gasteiger partial charge on any atom is 0.416 e. The second kappa shape index (κ2) is 5.51. The van der Waals surface area contributed by atoms with E-state index in [1.165, 1.54) is 18.2 Å². The minimum atomic E-state index is -4.48. The molecule has 1 aromatic carbocycles. The van der Waals surface area contributed by atoms with E-state index in [4.69, 9.17) is 9.15 Å². The highest BCUT2D eigenvalue weighted by atomic mass is 19.4. The summed E-state index contributed by atoms with van der Waals surface area (Å²) in [7, 11) is 0. The van der Waals surface area contributed by atoms with Crippen molar-refractivity contribution in [2.24, 2.45) is 5.92 Å². The number of halogens is 3. The fraction of sp³-hybridized carbons (Fsp3) is 0.312. The normalized spacial score (nSPS) is 14.9. The molecule has 2 aromatic rings. The Labute approximate surface area is 124 Å². The zero-order chi connectivity index (χ0) is 15.7. The van der Waals surface area contributed by atoms with Gasteiger partial charge in [-0.3, -0.25) is 4.79 Å². The quantitative estimate of drug-likeness (QED) is 0.760. The van der Waals surface area contributed by atoms with Crippen molar-refractivity contribution in [3.05, 3.63) is 41.7 Å². The molecule has 0 unspecified atom stereocenters. The smallest absolute Gasteiger partial charge is 0.416 e. The molecule has 0 saturated heterocycles. The molecule has 1 heterocycles. The van der Waals surface area contributed by atoms with Crippen LogP contribution in [-0.2, 0) is 6.18 Å². The van der Waals surface area contributed by atoms with Crippen LogP contribution in [-0.4, -0.2) is 12.9 Å². The lowest BCUT2D eigenvalue weighted by molar-refractivity contribution is -0.137. The summed E-state index contributed by atoms with van der Waals surface area (Å²) in [4.78, 5) is 10.6. The fourth-order valence-electron chi connectivity index (χ4n) is 2.06. The van der Waals surface area contributed by atoms with Crippen LogP contribution >= 0.6 is 0 Å². The van der Waals surface area contributed by atoms with Crippen LogP contribution in [0.25, 0.3) is 11.3 Å². The van der Waals surface area contributed by atoms with Crippen LogP contribution in [0.15, 0.2) is 34.7 Å². The Morgan fingerprint density at radius 2 is 2.00 bits per heavy atom. The van der Waals surface area contributed by atoms with Gasteiger partial charge in [0.15, 0.2) is 12.0 Å². The fourth-order valence-corrected chi connectivity index (χ4v) is 2.06. The summed E-state index contributed by atoms with van der Waals surface area (Å²) in [5.41, 5.74) is -0.575. The summed E-state index contributed by atoms with van der Waals surface area (Å²) in [5, 5.41) is 0. The topological polar surface area (TPSA) is 39.4 Å². The number of rotatable bonds is 5. The number of hydrogen-bond acceptors (Lipinski definition) is 3. The molecule has 1 aliphatic rings. The van der Waals surface area contributed by atoms with Gasteiger partial charge in [-0.05, 0) is 49.1 Å². The first-order valence-corrected chi connectivity index (χ1v) is 6.86. The van der Waals surface area contributed by atoms with Crippen molar-refractivity contribution in [2.45, 2.75) is 19.0 Å². The summed E-state index contributed by atoms with van der Waals surface area (Å²) >= 11 is 0. The van der Waals surface area contributed by atoms with Crippen LogP contribution in [0.2, 0.25) is 0 Å². The van der Waals surface area contributed by atoms with Gasteiger partial charge in [0.05, 0.1) is 12.2 Å². The van der Waals surface area contributed by atoms with Crippen molar-refractivity contribution in [1.29, 1.82) is 0 Å². The maximum atomic E-state index is 13.0. The first kappa shape index (κ1) is 14.7. The minimum Gasteiger partial charge on any atom is -0.493 e. The molecule has 1 fully saturated rings. The van der Waals surface area contributed by atoms with Crippen molar-refractivity contribution >= 4 is 6.29 Å². The molecular formula is C16H13F3O3. The maximum absolute atomic E-state index is 13.0. The molecule has 1 aliphatic carbocycles. The number of furan rings is 1. The second-order valence-corrected chi connectivity index (χ2v) is 5.32. The molecule has 1 saturated carbocycles. The minimum absolute atomic E-state index is 0.0628. The van der Waals surface area contributed by atoms with Gasteiger partial charge in [-0.25, -0.2) is 0 Å². The molecular weight excluding hydrogens is 297 g/mol. The van der Waals surface area contributed by atoms with Gasteiger partial charge in [0.2, 0.25) is 0 Å². The van der Waals surface area contributed by atoms with E-state index in [9.17, 15) is 18.0 Å². The van der Waals surface area contributed by atoms with Gasteiger partial charge in [-0.15, -0.1) is 0 Å². The van der Waals surface area contributed by atoms with Crippen molar-refractivity contribution < 1.29 is 27.1 Å². The van der Waals surface area contributed by atoms with Gasteiger partial charge in [0.25, 0.3) is 0 Å². The monoisotopic (exact) mass is 310 g/mol. The number of benzene rings is 1. The molecule has 116 valence electrons. The second-order valence-electron chi connectivity index (χ2n) is 5.32. The van der Waals surface area contributed by atoms with Gasteiger partial charge >= 0.3 is 6.18 Å². The number of carbonyl (C=O) groups is 1. The Balaban J connectivity index is 1.95. The Bertz CT molecular complexity index is 684. The van der Waals surface area contributed by atoms with Crippen LogP contribution in [0.5, 0.6) is 5.75 Å². The lowest BCUT2D eigenvalue weighted by atomic mass is 10.1. The summed E-state index contributed by atoms with van der Waals surface area (Å²) < 4.78 is 49.6. The third kappa shape index (κ3) is 3.32. The van der Waals surface area contributed by atoms with E-state index in [1.807, 2.05) is 0 Å². The molecule has 1 aromatic heterocycles. The highest BCUT2D eigenvalue weighted by molar-refractivity contribution is 5.73. The summed E-state index contributed by atoms with van der Waals surface area (Å²) in [6, 6.07) is 6.33. The van der Waals surface area contributed by atoms with E-state index in [1.54, 1.807) is 0 Å². The predicted octanol–water partition coefficient (Wildman–Crippen LogP) is 4.57. The molecule has 0 radical (unpaired) electrons. The van der Waals surface area contributed by atoms with Crippen molar-refractivity contribution in [3.8, 4) is 17.1 Å². The van der Waals surface area contributed by atoms with E-state index in [0.717, 1.165) is 25.0 Å². The SMILES string of the molecule is O=Cc1ccc(-c2cc(OCC3CC3)cc(C(F)(F)F)c2)o1. The van der Waals surface area contributed by atoms with Gasteiger partial charge in [-0.2, -0.15) is 13.2 Å². The van der Waals surface area contributed by atoms with E-state index in [-0.39, 0.29) is 22.8 Å². The Morgan fingerprint density at radius 3 is 2.59 bits per heavy atom. The molecule has 0 aliphatic heterocycles. The molecule has 0 spiro atoms. The molecule has 0 atom stereocenters. The molecule has 3 nitrogen and oxygen atoms in total. The van der Waals surface area contributed by atoms with Crippen molar-refractivity contribution in [1.82, 2.24) is 0 Å². The molecule has 0 bridgehead atoms.